The van der Waals surface area contributed by atoms with Gasteiger partial charge in [0.1, 0.15) is 5.76 Å². The van der Waals surface area contributed by atoms with E-state index in [1.165, 1.54) is 30.6 Å². The van der Waals surface area contributed by atoms with Crippen LogP contribution < -0.4 is 0 Å². The van der Waals surface area contributed by atoms with Gasteiger partial charge in [-0.2, -0.15) is 11.8 Å². The topological polar surface area (TPSA) is 13.1 Å². The summed E-state index contributed by atoms with van der Waals surface area (Å²) in [5.41, 5.74) is 1.87. The maximum atomic E-state index is 5.43. The van der Waals surface area contributed by atoms with Gasteiger partial charge in [0, 0.05) is 11.1 Å². The Bertz CT molecular complexity index is 312. The minimum Gasteiger partial charge on any atom is -0.468 e. The minimum atomic E-state index is 0.588. The zero-order chi connectivity index (χ0) is 10.7. The van der Waals surface area contributed by atoms with Gasteiger partial charge < -0.3 is 4.42 Å². The Morgan fingerprint density at radius 1 is 1.53 bits per heavy atom. The summed E-state index contributed by atoms with van der Waals surface area (Å²) in [4.78, 5) is 0. The molecule has 1 fully saturated rings. The number of aryl methyl sites for hydroxylation is 1. The molecule has 0 N–H and O–H groups in total. The molecule has 84 valence electrons. The highest BCUT2D eigenvalue weighted by Crippen LogP contribution is 2.45. The highest BCUT2D eigenvalue weighted by atomic mass is 79.9. The molecule has 0 atom stereocenters. The summed E-state index contributed by atoms with van der Waals surface area (Å²) in [6, 6.07) is 2.04. The van der Waals surface area contributed by atoms with Crippen molar-refractivity contribution in [1.29, 1.82) is 0 Å². The molecule has 0 saturated heterocycles. The van der Waals surface area contributed by atoms with Crippen molar-refractivity contribution in [2.75, 3.05) is 11.1 Å². The van der Waals surface area contributed by atoms with Crippen LogP contribution in [0.1, 0.15) is 30.6 Å². The molecular weight excluding hydrogens is 272 g/mol. The van der Waals surface area contributed by atoms with Crippen molar-refractivity contribution in [2.45, 2.75) is 31.9 Å². The van der Waals surface area contributed by atoms with Crippen LogP contribution in [0.4, 0.5) is 0 Å². The van der Waals surface area contributed by atoms with E-state index in [9.17, 15) is 0 Å². The van der Waals surface area contributed by atoms with Crippen LogP contribution in [0.25, 0.3) is 0 Å². The van der Waals surface area contributed by atoms with Crippen molar-refractivity contribution >= 4 is 27.7 Å². The molecule has 1 aliphatic rings. The van der Waals surface area contributed by atoms with Gasteiger partial charge in [-0.3, -0.25) is 0 Å². The number of alkyl halides is 1. The van der Waals surface area contributed by atoms with E-state index in [4.69, 9.17) is 4.42 Å². The van der Waals surface area contributed by atoms with Gasteiger partial charge in [0.05, 0.1) is 12.0 Å². The molecule has 0 unspecified atom stereocenters. The molecule has 2 rings (SSSR count). The van der Waals surface area contributed by atoms with Gasteiger partial charge in [0.15, 0.2) is 0 Å². The number of hydrogen-bond acceptors (Lipinski definition) is 2. The van der Waals surface area contributed by atoms with Crippen molar-refractivity contribution in [1.82, 2.24) is 0 Å². The van der Waals surface area contributed by atoms with E-state index in [1.54, 1.807) is 6.26 Å². The highest BCUT2D eigenvalue weighted by molar-refractivity contribution is 9.09. The SMILES string of the molecule is Cc1ccoc1CSCC1(CBr)CCC1. The van der Waals surface area contributed by atoms with E-state index in [-0.39, 0.29) is 0 Å². The fourth-order valence-electron chi connectivity index (χ4n) is 1.91. The molecule has 15 heavy (non-hydrogen) atoms. The number of thioether (sulfide) groups is 1. The highest BCUT2D eigenvalue weighted by Gasteiger charge is 2.35. The Kier molecular flexibility index (Phi) is 3.83. The Hall–Kier alpha value is 0.110. The molecule has 1 aromatic heterocycles. The van der Waals surface area contributed by atoms with Gasteiger partial charge in [-0.05, 0) is 36.8 Å². The molecule has 1 aromatic rings. The lowest BCUT2D eigenvalue weighted by Gasteiger charge is -2.40. The molecule has 0 aliphatic heterocycles. The van der Waals surface area contributed by atoms with Crippen molar-refractivity contribution < 1.29 is 4.42 Å². The Morgan fingerprint density at radius 2 is 2.33 bits per heavy atom. The third-order valence-electron chi connectivity index (χ3n) is 3.31. The van der Waals surface area contributed by atoms with Crippen molar-refractivity contribution in [3.05, 3.63) is 23.7 Å². The quantitative estimate of drug-likeness (QED) is 0.746. The van der Waals surface area contributed by atoms with Crippen LogP contribution in [-0.4, -0.2) is 11.1 Å². The number of halogens is 1. The van der Waals surface area contributed by atoms with E-state index in [1.807, 2.05) is 17.8 Å². The van der Waals surface area contributed by atoms with Crippen LogP contribution >= 0.6 is 27.7 Å². The second-order valence-corrected chi connectivity index (χ2v) is 6.05. The van der Waals surface area contributed by atoms with E-state index in [0.29, 0.717) is 5.41 Å². The summed E-state index contributed by atoms with van der Waals surface area (Å²) in [6.45, 7) is 2.11. The average molecular weight is 289 g/mol. The molecule has 0 aromatic carbocycles. The molecule has 1 heterocycles. The maximum absolute atomic E-state index is 5.43. The van der Waals surface area contributed by atoms with Gasteiger partial charge >= 0.3 is 0 Å². The normalized spacial score (nSPS) is 18.8. The van der Waals surface area contributed by atoms with E-state index in [0.717, 1.165) is 16.8 Å². The first-order valence-electron chi connectivity index (χ1n) is 5.42. The predicted octanol–water partition coefficient (Wildman–Crippen LogP) is 4.39. The van der Waals surface area contributed by atoms with Gasteiger partial charge in [0.25, 0.3) is 0 Å². The molecule has 0 bridgehead atoms. The number of rotatable bonds is 5. The summed E-state index contributed by atoms with van der Waals surface area (Å²) in [6.07, 6.45) is 5.98. The Morgan fingerprint density at radius 3 is 2.80 bits per heavy atom. The van der Waals surface area contributed by atoms with Gasteiger partial charge in [-0.15, -0.1) is 0 Å². The molecule has 1 aliphatic carbocycles. The summed E-state index contributed by atoms with van der Waals surface area (Å²) >= 11 is 5.65. The van der Waals surface area contributed by atoms with Gasteiger partial charge in [-0.1, -0.05) is 22.4 Å². The fourth-order valence-corrected chi connectivity index (χ4v) is 4.33. The summed E-state index contributed by atoms with van der Waals surface area (Å²) in [5, 5.41) is 1.16. The van der Waals surface area contributed by atoms with Gasteiger partial charge in [0.2, 0.25) is 0 Å². The van der Waals surface area contributed by atoms with Crippen LogP contribution in [0.5, 0.6) is 0 Å². The lowest BCUT2D eigenvalue weighted by molar-refractivity contribution is 0.206. The van der Waals surface area contributed by atoms with Crippen LogP contribution in [-0.2, 0) is 5.75 Å². The van der Waals surface area contributed by atoms with Gasteiger partial charge in [-0.25, -0.2) is 0 Å². The Balaban J connectivity index is 1.77. The van der Waals surface area contributed by atoms with Crippen LogP contribution in [0.15, 0.2) is 16.7 Å². The van der Waals surface area contributed by atoms with Crippen LogP contribution in [0.3, 0.4) is 0 Å². The smallest absolute Gasteiger partial charge is 0.116 e. The molecule has 1 nitrogen and oxygen atoms in total. The third-order valence-corrected chi connectivity index (χ3v) is 5.78. The van der Waals surface area contributed by atoms with E-state index < -0.39 is 0 Å². The molecule has 0 radical (unpaired) electrons. The number of furan rings is 1. The van der Waals surface area contributed by atoms with Crippen molar-refractivity contribution in [3.8, 4) is 0 Å². The monoisotopic (exact) mass is 288 g/mol. The predicted molar refractivity (Wildman–Crippen MR) is 69.7 cm³/mol. The zero-order valence-electron chi connectivity index (χ0n) is 9.09. The third kappa shape index (κ3) is 2.62. The summed E-state index contributed by atoms with van der Waals surface area (Å²) < 4.78 is 5.43. The second-order valence-electron chi connectivity index (χ2n) is 4.51. The molecular formula is C12H17BrOS. The maximum Gasteiger partial charge on any atom is 0.116 e. The molecule has 3 heteroatoms. The first-order valence-corrected chi connectivity index (χ1v) is 7.70. The minimum absolute atomic E-state index is 0.588. The second kappa shape index (κ2) is 4.96. The summed E-state index contributed by atoms with van der Waals surface area (Å²) in [5.74, 6) is 3.43. The zero-order valence-corrected chi connectivity index (χ0v) is 11.5. The van der Waals surface area contributed by atoms with E-state index >= 15 is 0 Å². The lowest BCUT2D eigenvalue weighted by atomic mass is 9.72. The average Bonchev–Trinajstić information content (AvgIpc) is 2.57. The Labute approximate surface area is 104 Å². The summed E-state index contributed by atoms with van der Waals surface area (Å²) in [7, 11) is 0. The van der Waals surface area contributed by atoms with Crippen molar-refractivity contribution in [3.63, 3.8) is 0 Å². The molecule has 1 saturated carbocycles. The number of hydrogen-bond donors (Lipinski definition) is 0. The molecule has 0 amide bonds. The first kappa shape index (κ1) is 11.6. The largest absolute Gasteiger partial charge is 0.468 e. The first-order chi connectivity index (χ1) is 7.26. The standard InChI is InChI=1S/C12H17BrOS/c1-10-3-6-14-11(10)7-15-9-12(8-13)4-2-5-12/h3,6H,2,4-5,7-9H2,1H3. The van der Waals surface area contributed by atoms with Crippen LogP contribution in [0, 0.1) is 12.3 Å². The van der Waals surface area contributed by atoms with Crippen LogP contribution in [0.2, 0.25) is 0 Å². The van der Waals surface area contributed by atoms with E-state index in [2.05, 4.69) is 22.9 Å². The lowest BCUT2D eigenvalue weighted by Crippen LogP contribution is -2.33. The fraction of sp³-hybridized carbons (Fsp3) is 0.667. The van der Waals surface area contributed by atoms with Crippen molar-refractivity contribution in [2.24, 2.45) is 5.41 Å². The molecule has 0 spiro atoms.